The third-order valence-corrected chi connectivity index (χ3v) is 4.06. The Balaban J connectivity index is 2.13. The molecule has 1 atom stereocenters. The van der Waals surface area contributed by atoms with E-state index in [0.29, 0.717) is 12.6 Å². The van der Waals surface area contributed by atoms with Crippen LogP contribution in [0.3, 0.4) is 0 Å². The number of rotatable bonds is 3. The maximum absolute atomic E-state index is 6.35. The summed E-state index contributed by atoms with van der Waals surface area (Å²) < 4.78 is 0. The van der Waals surface area contributed by atoms with Gasteiger partial charge in [-0.25, -0.2) is 0 Å². The Morgan fingerprint density at radius 1 is 1.39 bits per heavy atom. The van der Waals surface area contributed by atoms with Gasteiger partial charge in [0.15, 0.2) is 0 Å². The molecule has 1 aromatic carbocycles. The highest BCUT2D eigenvalue weighted by molar-refractivity contribution is 6.33. The van der Waals surface area contributed by atoms with Gasteiger partial charge in [0.2, 0.25) is 0 Å². The van der Waals surface area contributed by atoms with Gasteiger partial charge in [0.1, 0.15) is 0 Å². The van der Waals surface area contributed by atoms with Gasteiger partial charge < -0.3 is 10.6 Å². The van der Waals surface area contributed by atoms with Crippen LogP contribution >= 0.6 is 11.6 Å². The van der Waals surface area contributed by atoms with Crippen molar-refractivity contribution in [3.8, 4) is 0 Å². The van der Waals surface area contributed by atoms with E-state index < -0.39 is 0 Å². The van der Waals surface area contributed by atoms with Gasteiger partial charge in [0, 0.05) is 32.2 Å². The van der Waals surface area contributed by atoms with Gasteiger partial charge in [0.05, 0.1) is 10.7 Å². The molecule has 0 aromatic heterocycles. The summed E-state index contributed by atoms with van der Waals surface area (Å²) in [5.74, 6) is 0. The highest BCUT2D eigenvalue weighted by atomic mass is 35.5. The van der Waals surface area contributed by atoms with Crippen molar-refractivity contribution in [3.05, 3.63) is 28.8 Å². The summed E-state index contributed by atoms with van der Waals surface area (Å²) in [5, 5.41) is 0.815. The molecule has 0 bridgehead atoms. The van der Waals surface area contributed by atoms with Gasteiger partial charge in [-0.15, -0.1) is 0 Å². The minimum Gasteiger partial charge on any atom is -0.367 e. The molecule has 100 valence electrons. The molecule has 0 saturated carbocycles. The fraction of sp³-hybridized carbons (Fsp3) is 0.571. The van der Waals surface area contributed by atoms with Crippen molar-refractivity contribution in [1.29, 1.82) is 0 Å². The van der Waals surface area contributed by atoms with Crippen LogP contribution in [-0.2, 0) is 6.54 Å². The summed E-state index contributed by atoms with van der Waals surface area (Å²) in [5.41, 5.74) is 7.85. The van der Waals surface area contributed by atoms with E-state index in [1.54, 1.807) is 0 Å². The topological polar surface area (TPSA) is 32.5 Å². The molecular formula is C14H22ClN3. The van der Waals surface area contributed by atoms with E-state index in [-0.39, 0.29) is 0 Å². The van der Waals surface area contributed by atoms with Gasteiger partial charge >= 0.3 is 0 Å². The fourth-order valence-electron chi connectivity index (χ4n) is 2.62. The predicted octanol–water partition coefficient (Wildman–Crippen LogP) is 2.33. The second-order valence-electron chi connectivity index (χ2n) is 4.91. The molecule has 1 aromatic rings. The molecule has 3 nitrogen and oxygen atoms in total. The Morgan fingerprint density at radius 3 is 2.72 bits per heavy atom. The zero-order valence-electron chi connectivity index (χ0n) is 11.2. The molecular weight excluding hydrogens is 246 g/mol. The average molecular weight is 268 g/mol. The molecule has 0 radical (unpaired) electrons. The van der Waals surface area contributed by atoms with Crippen LogP contribution in [0.15, 0.2) is 18.2 Å². The first-order valence-corrected chi connectivity index (χ1v) is 7.01. The number of nitrogens with zero attached hydrogens (tertiary/aromatic N) is 2. The molecule has 0 amide bonds. The predicted molar refractivity (Wildman–Crippen MR) is 78.3 cm³/mol. The standard InChI is InChI=1S/C14H22ClN3/c1-3-17-6-7-18(10-11(17)2)14-5-4-12(9-16)8-13(14)15/h4-5,8,11H,3,6-7,9-10,16H2,1-2H3. The monoisotopic (exact) mass is 267 g/mol. The minimum absolute atomic E-state index is 0.542. The Kier molecular flexibility index (Phi) is 4.49. The molecule has 1 saturated heterocycles. The summed E-state index contributed by atoms with van der Waals surface area (Å²) >= 11 is 6.35. The second-order valence-corrected chi connectivity index (χ2v) is 5.32. The van der Waals surface area contributed by atoms with E-state index in [1.807, 2.05) is 6.07 Å². The Bertz CT molecular complexity index is 408. The van der Waals surface area contributed by atoms with Crippen LogP contribution < -0.4 is 10.6 Å². The van der Waals surface area contributed by atoms with Crippen LogP contribution in [0.5, 0.6) is 0 Å². The van der Waals surface area contributed by atoms with E-state index in [1.165, 1.54) is 0 Å². The van der Waals surface area contributed by atoms with Crippen LogP contribution in [0.25, 0.3) is 0 Å². The lowest BCUT2D eigenvalue weighted by Gasteiger charge is -2.40. The van der Waals surface area contributed by atoms with Gasteiger partial charge in [-0.05, 0) is 31.2 Å². The van der Waals surface area contributed by atoms with Gasteiger partial charge in [-0.1, -0.05) is 24.6 Å². The molecule has 1 fully saturated rings. The van der Waals surface area contributed by atoms with Crippen LogP contribution in [-0.4, -0.2) is 37.1 Å². The van der Waals surface area contributed by atoms with Crippen molar-refractivity contribution in [1.82, 2.24) is 4.90 Å². The number of anilines is 1. The lowest BCUT2D eigenvalue weighted by atomic mass is 10.1. The van der Waals surface area contributed by atoms with E-state index in [9.17, 15) is 0 Å². The smallest absolute Gasteiger partial charge is 0.0642 e. The molecule has 0 spiro atoms. The molecule has 2 rings (SSSR count). The van der Waals surface area contributed by atoms with Gasteiger partial charge in [-0.2, -0.15) is 0 Å². The molecule has 4 heteroatoms. The van der Waals surface area contributed by atoms with Gasteiger partial charge in [-0.3, -0.25) is 4.90 Å². The van der Waals surface area contributed by atoms with Crippen molar-refractivity contribution in [2.45, 2.75) is 26.4 Å². The number of benzene rings is 1. The molecule has 0 aliphatic carbocycles. The third kappa shape index (κ3) is 2.79. The SMILES string of the molecule is CCN1CCN(c2ccc(CN)cc2Cl)CC1C. The van der Waals surface area contributed by atoms with Crippen molar-refractivity contribution in [3.63, 3.8) is 0 Å². The highest BCUT2D eigenvalue weighted by Gasteiger charge is 2.23. The van der Waals surface area contributed by atoms with Crippen LogP contribution in [0.4, 0.5) is 5.69 Å². The fourth-order valence-corrected chi connectivity index (χ4v) is 2.94. The molecule has 1 aliphatic heterocycles. The number of nitrogens with two attached hydrogens (primary N) is 1. The number of piperazine rings is 1. The average Bonchev–Trinajstić information content (AvgIpc) is 2.38. The third-order valence-electron chi connectivity index (χ3n) is 3.76. The minimum atomic E-state index is 0.542. The molecule has 1 unspecified atom stereocenters. The van der Waals surface area contributed by atoms with Crippen molar-refractivity contribution < 1.29 is 0 Å². The van der Waals surface area contributed by atoms with E-state index in [0.717, 1.165) is 42.5 Å². The maximum Gasteiger partial charge on any atom is 0.0642 e. The number of likely N-dealkylation sites (N-methyl/N-ethyl adjacent to an activating group) is 1. The highest BCUT2D eigenvalue weighted by Crippen LogP contribution is 2.28. The number of hydrogen-bond donors (Lipinski definition) is 1. The molecule has 2 N–H and O–H groups in total. The molecule has 1 heterocycles. The lowest BCUT2D eigenvalue weighted by Crippen LogP contribution is -2.51. The largest absolute Gasteiger partial charge is 0.367 e. The summed E-state index contributed by atoms with van der Waals surface area (Å²) in [6.45, 7) is 9.34. The van der Waals surface area contributed by atoms with Gasteiger partial charge in [0.25, 0.3) is 0 Å². The lowest BCUT2D eigenvalue weighted by molar-refractivity contribution is 0.199. The van der Waals surface area contributed by atoms with Crippen molar-refractivity contribution in [2.75, 3.05) is 31.1 Å². The van der Waals surface area contributed by atoms with Crippen LogP contribution in [0, 0.1) is 0 Å². The number of halogens is 1. The zero-order valence-corrected chi connectivity index (χ0v) is 12.0. The van der Waals surface area contributed by atoms with E-state index in [2.05, 4.69) is 35.8 Å². The zero-order chi connectivity index (χ0) is 13.1. The van der Waals surface area contributed by atoms with E-state index in [4.69, 9.17) is 17.3 Å². The number of hydrogen-bond acceptors (Lipinski definition) is 3. The van der Waals surface area contributed by atoms with Crippen molar-refractivity contribution in [2.24, 2.45) is 5.73 Å². The van der Waals surface area contributed by atoms with E-state index >= 15 is 0 Å². The summed E-state index contributed by atoms with van der Waals surface area (Å²) in [6.07, 6.45) is 0. The first-order valence-electron chi connectivity index (χ1n) is 6.63. The Hall–Kier alpha value is -0.770. The Morgan fingerprint density at radius 2 is 2.17 bits per heavy atom. The van der Waals surface area contributed by atoms with Crippen LogP contribution in [0.2, 0.25) is 5.02 Å². The quantitative estimate of drug-likeness (QED) is 0.912. The first-order chi connectivity index (χ1) is 8.65. The molecule has 18 heavy (non-hydrogen) atoms. The first kappa shape index (κ1) is 13.7. The second kappa shape index (κ2) is 5.91. The van der Waals surface area contributed by atoms with Crippen molar-refractivity contribution >= 4 is 17.3 Å². The molecule has 1 aliphatic rings. The normalized spacial score (nSPS) is 21.3. The summed E-state index contributed by atoms with van der Waals surface area (Å²) in [7, 11) is 0. The Labute approximate surface area is 115 Å². The summed E-state index contributed by atoms with van der Waals surface area (Å²) in [6, 6.07) is 6.72. The summed E-state index contributed by atoms with van der Waals surface area (Å²) in [4.78, 5) is 4.87. The maximum atomic E-state index is 6.35. The van der Waals surface area contributed by atoms with Crippen LogP contribution in [0.1, 0.15) is 19.4 Å².